The Labute approximate surface area is 403 Å². The van der Waals surface area contributed by atoms with Gasteiger partial charge < -0.3 is 38.0 Å². The number of phenols is 1. The standard InChI is InChI=1S/C27H22BrNO4S.C25H19NO4S.2CH4/c28-10-13-32-22-9-8-18(27-25(22)20-4-1-2-7-23(20)34-27)17-5-3-6-19-21(30)16-24(33-26(17)19)29-11-14-31-15-12-29;27-19-9-8-16(25-23(19)18-4-1-2-7-21(18)31-25)15-5-3-6-17-20(28)14-22(30-24(15)17)26-10-12-29-13-11-26;;/h1-9,16H,10-15H2;1-9,14,27H,10-13H2;2*1H4. The molecule has 1 N–H and O–H groups in total. The minimum absolute atomic E-state index is 0. The highest BCUT2D eigenvalue weighted by atomic mass is 79.9. The Kier molecular flexibility index (Phi) is 13.4. The molecule has 0 amide bonds. The lowest BCUT2D eigenvalue weighted by molar-refractivity contribution is 0.120. The summed E-state index contributed by atoms with van der Waals surface area (Å²) in [5.41, 5.74) is 4.84. The van der Waals surface area contributed by atoms with Gasteiger partial charge in [-0.05, 0) is 48.5 Å². The number of nitrogens with zero attached hydrogens (tertiary/aromatic N) is 2. The summed E-state index contributed by atoms with van der Waals surface area (Å²) >= 11 is 6.83. The van der Waals surface area contributed by atoms with E-state index in [1.807, 2.05) is 65.6 Å². The number of hydrogen-bond acceptors (Lipinski definition) is 12. The molecule has 0 spiro atoms. The number of thiophene rings is 2. The molecule has 10 nitrogen and oxygen atoms in total. The van der Waals surface area contributed by atoms with Gasteiger partial charge >= 0.3 is 0 Å². The molecular weight excluding hydrogens is 949 g/mol. The molecule has 6 aromatic carbocycles. The van der Waals surface area contributed by atoms with Crippen molar-refractivity contribution in [1.29, 1.82) is 0 Å². The van der Waals surface area contributed by atoms with E-state index >= 15 is 0 Å². The van der Waals surface area contributed by atoms with Crippen molar-refractivity contribution in [3.8, 4) is 33.8 Å². The monoisotopic (exact) mass is 996 g/mol. The first-order valence-electron chi connectivity index (χ1n) is 21.5. The number of aromatic hydroxyl groups is 1. The maximum atomic E-state index is 13.1. The summed E-state index contributed by atoms with van der Waals surface area (Å²) in [5.74, 6) is 2.29. The minimum Gasteiger partial charge on any atom is -0.507 e. The molecule has 0 atom stereocenters. The number of morpholine rings is 2. The summed E-state index contributed by atoms with van der Waals surface area (Å²) in [6.07, 6.45) is 0. The third-order valence-electron chi connectivity index (χ3n) is 12.0. The van der Waals surface area contributed by atoms with Gasteiger partial charge in [-0.1, -0.05) is 91.4 Å². The number of alkyl halides is 1. The van der Waals surface area contributed by atoms with Crippen molar-refractivity contribution in [3.63, 3.8) is 0 Å². The minimum atomic E-state index is -0.0593. The zero-order chi connectivity index (χ0) is 44.0. The molecule has 67 heavy (non-hydrogen) atoms. The zero-order valence-corrected chi connectivity index (χ0v) is 38.2. The number of para-hydroxylation sites is 2. The number of phenolic OH excluding ortho intramolecular Hbond substituents is 1. The van der Waals surface area contributed by atoms with Crippen LogP contribution in [-0.4, -0.2) is 69.7 Å². The zero-order valence-electron chi connectivity index (χ0n) is 35.0. The molecular formula is C54H49BrN2O8S2. The third-order valence-corrected chi connectivity index (χ3v) is 14.8. The maximum Gasteiger partial charge on any atom is 0.200 e. The molecule has 0 radical (unpaired) electrons. The van der Waals surface area contributed by atoms with E-state index in [-0.39, 0.29) is 31.5 Å². The molecule has 6 heterocycles. The van der Waals surface area contributed by atoms with Crippen molar-refractivity contribution < 1.29 is 28.2 Å². The van der Waals surface area contributed by atoms with Crippen molar-refractivity contribution in [2.45, 2.75) is 14.9 Å². The van der Waals surface area contributed by atoms with Crippen LogP contribution in [0.2, 0.25) is 0 Å². The van der Waals surface area contributed by atoms with Crippen molar-refractivity contribution in [1.82, 2.24) is 0 Å². The molecule has 10 aromatic rings. The summed E-state index contributed by atoms with van der Waals surface area (Å²) in [7, 11) is 0. The molecule has 2 aliphatic heterocycles. The molecule has 0 aliphatic carbocycles. The van der Waals surface area contributed by atoms with Gasteiger partial charge in [0.2, 0.25) is 0 Å². The maximum absolute atomic E-state index is 13.1. The highest BCUT2D eigenvalue weighted by molar-refractivity contribution is 9.09. The van der Waals surface area contributed by atoms with Crippen LogP contribution in [0.15, 0.2) is 140 Å². The Bertz CT molecular complexity index is 3550. The first-order chi connectivity index (χ1) is 31.9. The van der Waals surface area contributed by atoms with Gasteiger partial charge in [0.15, 0.2) is 22.6 Å². The number of fused-ring (bicyclic) bond motifs is 8. The molecule has 2 fully saturated rings. The van der Waals surface area contributed by atoms with Gasteiger partial charge in [0.25, 0.3) is 0 Å². The normalized spacial score (nSPS) is 14.0. The van der Waals surface area contributed by atoms with Gasteiger partial charge in [0.05, 0.1) is 43.8 Å². The predicted molar refractivity (Wildman–Crippen MR) is 282 cm³/mol. The second-order valence-electron chi connectivity index (χ2n) is 15.8. The molecule has 12 rings (SSSR count). The average molecular weight is 998 g/mol. The lowest BCUT2D eigenvalue weighted by Crippen LogP contribution is -2.36. The second kappa shape index (κ2) is 19.6. The highest BCUT2D eigenvalue weighted by Crippen LogP contribution is 2.47. The molecule has 0 bridgehead atoms. The predicted octanol–water partition coefficient (Wildman–Crippen LogP) is 13.1. The van der Waals surface area contributed by atoms with Gasteiger partial charge in [-0.3, -0.25) is 9.59 Å². The molecule has 342 valence electrons. The highest BCUT2D eigenvalue weighted by Gasteiger charge is 2.23. The van der Waals surface area contributed by atoms with Gasteiger partial charge in [-0.25, -0.2) is 0 Å². The fourth-order valence-electron chi connectivity index (χ4n) is 8.93. The number of hydrogen-bond donors (Lipinski definition) is 1. The number of anilines is 2. The van der Waals surface area contributed by atoms with Crippen LogP contribution in [0.5, 0.6) is 11.5 Å². The molecule has 0 unspecified atom stereocenters. The van der Waals surface area contributed by atoms with E-state index in [1.54, 1.807) is 46.9 Å². The van der Waals surface area contributed by atoms with Gasteiger partial charge in [-0.2, -0.15) is 0 Å². The van der Waals surface area contributed by atoms with Crippen LogP contribution >= 0.6 is 38.6 Å². The first-order valence-corrected chi connectivity index (χ1v) is 24.3. The summed E-state index contributed by atoms with van der Waals surface area (Å²) in [5, 5.41) is 16.6. The van der Waals surface area contributed by atoms with Crippen molar-refractivity contribution in [3.05, 3.63) is 142 Å². The van der Waals surface area contributed by atoms with Crippen LogP contribution < -0.4 is 25.4 Å². The Hall–Kier alpha value is -6.22. The number of rotatable bonds is 7. The summed E-state index contributed by atoms with van der Waals surface area (Å²) in [6.45, 7) is 5.86. The fraction of sp³-hybridized carbons (Fsp3) is 0.222. The van der Waals surface area contributed by atoms with Crippen molar-refractivity contribution in [2.24, 2.45) is 0 Å². The van der Waals surface area contributed by atoms with E-state index in [9.17, 15) is 14.7 Å². The van der Waals surface area contributed by atoms with Crippen LogP contribution in [0.1, 0.15) is 14.9 Å². The smallest absolute Gasteiger partial charge is 0.200 e. The van der Waals surface area contributed by atoms with E-state index in [1.165, 1.54) is 10.1 Å². The van der Waals surface area contributed by atoms with Gasteiger partial charge in [-0.15, -0.1) is 22.7 Å². The van der Waals surface area contributed by atoms with Crippen molar-refractivity contribution >= 4 is 113 Å². The van der Waals surface area contributed by atoms with Crippen LogP contribution in [0, 0.1) is 0 Å². The Morgan fingerprint density at radius 3 is 1.54 bits per heavy atom. The first kappa shape index (κ1) is 45.9. The van der Waals surface area contributed by atoms with E-state index < -0.39 is 0 Å². The summed E-state index contributed by atoms with van der Waals surface area (Å²) < 4.78 is 34.2. The van der Waals surface area contributed by atoms with Gasteiger partial charge in [0.1, 0.15) is 22.7 Å². The average Bonchev–Trinajstić information content (AvgIpc) is 3.95. The van der Waals surface area contributed by atoms with Crippen LogP contribution in [0.3, 0.4) is 0 Å². The van der Waals surface area contributed by atoms with E-state index in [0.717, 1.165) is 63.6 Å². The number of benzene rings is 6. The van der Waals surface area contributed by atoms with Crippen LogP contribution in [0.4, 0.5) is 11.8 Å². The van der Waals surface area contributed by atoms with Crippen LogP contribution in [-0.2, 0) is 9.47 Å². The summed E-state index contributed by atoms with van der Waals surface area (Å²) in [4.78, 5) is 30.1. The van der Waals surface area contributed by atoms with Crippen LogP contribution in [0.25, 0.3) is 84.5 Å². The Morgan fingerprint density at radius 1 is 0.552 bits per heavy atom. The third kappa shape index (κ3) is 8.44. The van der Waals surface area contributed by atoms with E-state index in [4.69, 9.17) is 23.0 Å². The second-order valence-corrected chi connectivity index (χ2v) is 18.7. The quantitative estimate of drug-likeness (QED) is 0.155. The molecule has 2 aliphatic rings. The van der Waals surface area contributed by atoms with E-state index in [2.05, 4.69) is 57.2 Å². The molecule has 2 saturated heterocycles. The topological polar surface area (TPSA) is 115 Å². The fourth-order valence-corrected chi connectivity index (χ4v) is 11.6. The number of ether oxygens (including phenoxy) is 3. The SMILES string of the molecule is C.C.O=c1cc(N2CCOCC2)oc2c(-c3ccc(O)c4c3sc3ccccc34)cccc12.O=c1cc(N2CCOCC2)oc2c(-c3ccc(OCCBr)c4c3sc3ccccc34)cccc12. The van der Waals surface area contributed by atoms with Gasteiger partial charge in [0, 0.05) is 106 Å². The largest absolute Gasteiger partial charge is 0.507 e. The van der Waals surface area contributed by atoms with Crippen molar-refractivity contribution in [2.75, 3.05) is 74.3 Å². The lowest BCUT2D eigenvalue weighted by Gasteiger charge is -2.27. The molecule has 0 saturated carbocycles. The lowest BCUT2D eigenvalue weighted by atomic mass is 10.00. The Morgan fingerprint density at radius 2 is 1.01 bits per heavy atom. The molecule has 4 aromatic heterocycles. The number of halogens is 1. The molecule has 13 heteroatoms. The Balaban J connectivity index is 0.000000164. The summed E-state index contributed by atoms with van der Waals surface area (Å²) in [6, 6.07) is 38.8. The van der Waals surface area contributed by atoms with E-state index in [0.29, 0.717) is 92.9 Å².